The Balaban J connectivity index is 2.31. The highest BCUT2D eigenvalue weighted by atomic mass is 35.5. The fourth-order valence-corrected chi connectivity index (χ4v) is 2.56. The quantitative estimate of drug-likeness (QED) is 0.637. The van der Waals surface area contributed by atoms with E-state index >= 15 is 0 Å². The molecule has 6 heteroatoms. The minimum Gasteiger partial charge on any atom is -0.271 e. The van der Waals surface area contributed by atoms with Gasteiger partial charge in [-0.15, -0.1) is 0 Å². The van der Waals surface area contributed by atoms with Gasteiger partial charge in [-0.1, -0.05) is 30.7 Å². The third-order valence-electron chi connectivity index (χ3n) is 3.54. The van der Waals surface area contributed by atoms with E-state index in [2.05, 4.69) is 10.5 Å². The van der Waals surface area contributed by atoms with Gasteiger partial charge in [0.25, 0.3) is 0 Å². The second-order valence-corrected chi connectivity index (χ2v) is 5.27. The van der Waals surface area contributed by atoms with E-state index in [1.54, 1.807) is 12.1 Å². The first-order chi connectivity index (χ1) is 10.1. The molecular weight excluding hydrogens is 291 g/mol. The first-order valence-corrected chi connectivity index (χ1v) is 7.44. The second-order valence-electron chi connectivity index (χ2n) is 4.87. The van der Waals surface area contributed by atoms with E-state index < -0.39 is 5.82 Å². The standard InChI is InChI=1S/C15H20ClFN4/c1-3-11-9-14(21(4-2)20-11)13(19-18)8-10-6-5-7-12(16)15(10)17/h5-7,9,13,19H,3-4,8,18H2,1-2H3. The summed E-state index contributed by atoms with van der Waals surface area (Å²) in [5, 5.41) is 4.63. The Hall–Kier alpha value is -1.43. The van der Waals surface area contributed by atoms with E-state index in [-0.39, 0.29) is 11.1 Å². The number of hydrogen-bond donors (Lipinski definition) is 2. The number of hydrogen-bond acceptors (Lipinski definition) is 3. The summed E-state index contributed by atoms with van der Waals surface area (Å²) < 4.78 is 15.9. The molecule has 0 spiro atoms. The lowest BCUT2D eigenvalue weighted by molar-refractivity contribution is 0.480. The summed E-state index contributed by atoms with van der Waals surface area (Å²) in [7, 11) is 0. The molecule has 0 radical (unpaired) electrons. The summed E-state index contributed by atoms with van der Waals surface area (Å²) in [6.07, 6.45) is 1.26. The third kappa shape index (κ3) is 3.43. The van der Waals surface area contributed by atoms with E-state index in [0.29, 0.717) is 12.0 Å². The van der Waals surface area contributed by atoms with Gasteiger partial charge < -0.3 is 0 Å². The molecule has 0 saturated heterocycles. The lowest BCUT2D eigenvalue weighted by atomic mass is 10.0. The smallest absolute Gasteiger partial charge is 0.145 e. The van der Waals surface area contributed by atoms with Crippen LogP contribution in [0.2, 0.25) is 5.02 Å². The maximum absolute atomic E-state index is 14.0. The van der Waals surface area contributed by atoms with Gasteiger partial charge in [-0.05, 0) is 37.5 Å². The van der Waals surface area contributed by atoms with Crippen molar-refractivity contribution in [1.82, 2.24) is 15.2 Å². The molecule has 0 fully saturated rings. The number of aryl methyl sites for hydroxylation is 2. The van der Waals surface area contributed by atoms with E-state index in [1.165, 1.54) is 6.07 Å². The van der Waals surface area contributed by atoms with E-state index in [0.717, 1.165) is 24.4 Å². The summed E-state index contributed by atoms with van der Waals surface area (Å²) in [5.41, 5.74) is 5.24. The summed E-state index contributed by atoms with van der Waals surface area (Å²) >= 11 is 5.83. The van der Waals surface area contributed by atoms with Gasteiger partial charge in [-0.2, -0.15) is 5.10 Å². The Morgan fingerprint density at radius 3 is 2.81 bits per heavy atom. The molecule has 0 amide bonds. The summed E-state index contributed by atoms with van der Waals surface area (Å²) in [6.45, 7) is 4.81. The monoisotopic (exact) mass is 310 g/mol. The van der Waals surface area contributed by atoms with Crippen LogP contribution in [0.3, 0.4) is 0 Å². The maximum Gasteiger partial charge on any atom is 0.145 e. The van der Waals surface area contributed by atoms with Crippen LogP contribution in [-0.4, -0.2) is 9.78 Å². The molecule has 1 atom stereocenters. The highest BCUT2D eigenvalue weighted by molar-refractivity contribution is 6.30. The van der Waals surface area contributed by atoms with Crippen LogP contribution in [0.5, 0.6) is 0 Å². The molecule has 1 aromatic heterocycles. The highest BCUT2D eigenvalue weighted by Gasteiger charge is 2.19. The first kappa shape index (κ1) is 15.9. The molecule has 0 bridgehead atoms. The second kappa shape index (κ2) is 7.02. The Kier molecular flexibility index (Phi) is 5.33. The number of rotatable bonds is 6. The zero-order valence-corrected chi connectivity index (χ0v) is 13.0. The van der Waals surface area contributed by atoms with Crippen molar-refractivity contribution in [2.75, 3.05) is 0 Å². The van der Waals surface area contributed by atoms with Gasteiger partial charge in [-0.3, -0.25) is 16.0 Å². The van der Waals surface area contributed by atoms with Crippen molar-refractivity contribution in [2.45, 2.75) is 39.3 Å². The molecule has 1 aromatic carbocycles. The Labute approximate surface area is 129 Å². The Morgan fingerprint density at radius 2 is 2.19 bits per heavy atom. The van der Waals surface area contributed by atoms with Crippen LogP contribution in [0, 0.1) is 5.82 Å². The average molecular weight is 311 g/mol. The molecule has 3 N–H and O–H groups in total. The van der Waals surface area contributed by atoms with Gasteiger partial charge >= 0.3 is 0 Å². The summed E-state index contributed by atoms with van der Waals surface area (Å²) in [4.78, 5) is 0. The van der Waals surface area contributed by atoms with E-state index in [9.17, 15) is 4.39 Å². The van der Waals surface area contributed by atoms with Gasteiger partial charge in [0.2, 0.25) is 0 Å². The molecule has 0 aliphatic rings. The molecule has 1 heterocycles. The number of nitrogens with zero attached hydrogens (tertiary/aromatic N) is 2. The molecule has 114 valence electrons. The predicted molar refractivity (Wildman–Crippen MR) is 82.5 cm³/mol. The number of nitrogens with one attached hydrogen (secondary N) is 1. The predicted octanol–water partition coefficient (Wildman–Crippen LogP) is 3.00. The Morgan fingerprint density at radius 1 is 1.43 bits per heavy atom. The fraction of sp³-hybridized carbons (Fsp3) is 0.400. The molecule has 1 unspecified atom stereocenters. The number of benzene rings is 1. The van der Waals surface area contributed by atoms with Gasteiger partial charge in [0.15, 0.2) is 0 Å². The van der Waals surface area contributed by atoms with Crippen molar-refractivity contribution in [1.29, 1.82) is 0 Å². The van der Waals surface area contributed by atoms with Gasteiger partial charge in [0.05, 0.1) is 22.5 Å². The van der Waals surface area contributed by atoms with E-state index in [4.69, 9.17) is 17.4 Å². The van der Waals surface area contributed by atoms with Crippen LogP contribution in [0.4, 0.5) is 4.39 Å². The fourth-order valence-electron chi connectivity index (χ4n) is 2.37. The zero-order chi connectivity index (χ0) is 15.4. The molecule has 4 nitrogen and oxygen atoms in total. The van der Waals surface area contributed by atoms with Crippen molar-refractivity contribution < 1.29 is 4.39 Å². The van der Waals surface area contributed by atoms with Crippen molar-refractivity contribution in [3.8, 4) is 0 Å². The van der Waals surface area contributed by atoms with Gasteiger partial charge in [0.1, 0.15) is 5.82 Å². The molecule has 0 aliphatic heterocycles. The molecule has 2 rings (SSSR count). The third-order valence-corrected chi connectivity index (χ3v) is 3.83. The molecular formula is C15H20ClFN4. The highest BCUT2D eigenvalue weighted by Crippen LogP contribution is 2.24. The average Bonchev–Trinajstić information content (AvgIpc) is 2.92. The van der Waals surface area contributed by atoms with Crippen molar-refractivity contribution in [3.05, 3.63) is 52.1 Å². The molecule has 0 saturated carbocycles. The van der Waals surface area contributed by atoms with Crippen molar-refractivity contribution in [2.24, 2.45) is 5.84 Å². The normalized spacial score (nSPS) is 12.6. The lowest BCUT2D eigenvalue weighted by Gasteiger charge is -2.17. The Bertz CT molecular complexity index is 612. The lowest BCUT2D eigenvalue weighted by Crippen LogP contribution is -2.31. The first-order valence-electron chi connectivity index (χ1n) is 7.06. The minimum absolute atomic E-state index is 0.126. The van der Waals surface area contributed by atoms with Crippen LogP contribution < -0.4 is 11.3 Å². The summed E-state index contributed by atoms with van der Waals surface area (Å²) in [5.74, 6) is 5.28. The molecule has 2 aromatic rings. The largest absolute Gasteiger partial charge is 0.271 e. The number of nitrogens with two attached hydrogens (primary N) is 1. The van der Waals surface area contributed by atoms with Gasteiger partial charge in [0, 0.05) is 6.54 Å². The van der Waals surface area contributed by atoms with Crippen LogP contribution in [0.1, 0.15) is 36.8 Å². The van der Waals surface area contributed by atoms with Gasteiger partial charge in [-0.25, -0.2) is 4.39 Å². The van der Waals surface area contributed by atoms with Crippen LogP contribution >= 0.6 is 11.6 Å². The van der Waals surface area contributed by atoms with E-state index in [1.807, 2.05) is 24.6 Å². The van der Waals surface area contributed by atoms with Crippen LogP contribution in [0.15, 0.2) is 24.3 Å². The number of hydrazine groups is 1. The maximum atomic E-state index is 14.0. The summed E-state index contributed by atoms with van der Waals surface area (Å²) in [6, 6.07) is 6.79. The molecule has 21 heavy (non-hydrogen) atoms. The van der Waals surface area contributed by atoms with Crippen LogP contribution in [-0.2, 0) is 19.4 Å². The topological polar surface area (TPSA) is 55.9 Å². The van der Waals surface area contributed by atoms with Crippen molar-refractivity contribution >= 4 is 11.6 Å². The minimum atomic E-state index is -0.391. The zero-order valence-electron chi connectivity index (χ0n) is 12.2. The number of aromatic nitrogens is 2. The van der Waals surface area contributed by atoms with Crippen LogP contribution in [0.25, 0.3) is 0 Å². The number of halogens is 2. The molecule has 0 aliphatic carbocycles. The SMILES string of the molecule is CCc1cc(C(Cc2cccc(Cl)c2F)NN)n(CC)n1. The van der Waals surface area contributed by atoms with Crippen molar-refractivity contribution in [3.63, 3.8) is 0 Å².